The molecule has 0 aliphatic rings. The maximum Gasteiger partial charge on any atom is 0.255 e. The second-order valence-corrected chi connectivity index (χ2v) is 7.09. The molecule has 110 valence electrons. The summed E-state index contributed by atoms with van der Waals surface area (Å²) in [4.78, 5) is 12.5. The minimum Gasteiger partial charge on any atom is -0.322 e. The summed E-state index contributed by atoms with van der Waals surface area (Å²) in [6.45, 7) is 3.78. The average molecular weight is 303 g/mol. The summed E-state index contributed by atoms with van der Waals surface area (Å²) in [5.74, 6) is -0.248. The third kappa shape index (κ3) is 3.70. The van der Waals surface area contributed by atoms with Crippen molar-refractivity contribution in [1.29, 1.82) is 0 Å². The van der Waals surface area contributed by atoms with Crippen molar-refractivity contribution in [3.05, 3.63) is 59.2 Å². The SMILES string of the molecule is Cc1ccc(C)c(C(=O)Nc2cccc(S(C)(=O)=O)c2)c1. The number of rotatable bonds is 3. The van der Waals surface area contributed by atoms with Crippen molar-refractivity contribution in [2.75, 3.05) is 11.6 Å². The van der Waals surface area contributed by atoms with Gasteiger partial charge in [-0.3, -0.25) is 4.79 Å². The zero-order valence-electron chi connectivity index (χ0n) is 12.2. The smallest absolute Gasteiger partial charge is 0.255 e. The van der Waals surface area contributed by atoms with Crippen LogP contribution in [0.3, 0.4) is 0 Å². The van der Waals surface area contributed by atoms with Gasteiger partial charge in [0.1, 0.15) is 0 Å². The molecular weight excluding hydrogens is 286 g/mol. The number of anilines is 1. The molecule has 0 aliphatic carbocycles. The van der Waals surface area contributed by atoms with Crippen LogP contribution in [0.5, 0.6) is 0 Å². The van der Waals surface area contributed by atoms with Crippen LogP contribution in [0.1, 0.15) is 21.5 Å². The number of sulfone groups is 1. The van der Waals surface area contributed by atoms with Gasteiger partial charge in [0.2, 0.25) is 0 Å². The van der Waals surface area contributed by atoms with Crippen LogP contribution in [0.15, 0.2) is 47.4 Å². The van der Waals surface area contributed by atoms with E-state index in [1.54, 1.807) is 12.1 Å². The quantitative estimate of drug-likeness (QED) is 0.948. The fourth-order valence-electron chi connectivity index (χ4n) is 1.98. The molecule has 1 N–H and O–H groups in total. The van der Waals surface area contributed by atoms with Gasteiger partial charge in [-0.25, -0.2) is 8.42 Å². The van der Waals surface area contributed by atoms with Gasteiger partial charge in [-0.15, -0.1) is 0 Å². The van der Waals surface area contributed by atoms with E-state index in [9.17, 15) is 13.2 Å². The summed E-state index contributed by atoms with van der Waals surface area (Å²) >= 11 is 0. The minimum atomic E-state index is -3.29. The monoisotopic (exact) mass is 303 g/mol. The molecule has 0 atom stereocenters. The summed E-state index contributed by atoms with van der Waals surface area (Å²) < 4.78 is 23.1. The first-order valence-corrected chi connectivity index (χ1v) is 8.35. The van der Waals surface area contributed by atoms with Gasteiger partial charge < -0.3 is 5.32 Å². The molecule has 2 aromatic rings. The highest BCUT2D eigenvalue weighted by Crippen LogP contribution is 2.17. The number of hydrogen-bond donors (Lipinski definition) is 1. The first-order valence-electron chi connectivity index (χ1n) is 6.46. The molecule has 2 aromatic carbocycles. The fraction of sp³-hybridized carbons (Fsp3) is 0.188. The Bertz CT molecular complexity index is 795. The predicted octanol–water partition coefficient (Wildman–Crippen LogP) is 2.96. The Labute approximate surface area is 124 Å². The number of carbonyl (C=O) groups is 1. The number of benzene rings is 2. The van der Waals surface area contributed by atoms with Gasteiger partial charge in [-0.1, -0.05) is 23.8 Å². The molecule has 0 aromatic heterocycles. The Morgan fingerprint density at radius 3 is 2.43 bits per heavy atom. The highest BCUT2D eigenvalue weighted by molar-refractivity contribution is 7.90. The first kappa shape index (κ1) is 15.3. The lowest BCUT2D eigenvalue weighted by molar-refractivity contribution is 0.102. The molecule has 0 radical (unpaired) electrons. The largest absolute Gasteiger partial charge is 0.322 e. The number of carbonyl (C=O) groups excluding carboxylic acids is 1. The summed E-state index contributed by atoms with van der Waals surface area (Å²) in [5, 5.41) is 2.74. The lowest BCUT2D eigenvalue weighted by Crippen LogP contribution is -2.14. The van der Waals surface area contributed by atoms with E-state index in [2.05, 4.69) is 5.32 Å². The van der Waals surface area contributed by atoms with Gasteiger partial charge in [0.25, 0.3) is 5.91 Å². The molecule has 0 aliphatic heterocycles. The van der Waals surface area contributed by atoms with Gasteiger partial charge in [0.05, 0.1) is 4.90 Å². The average Bonchev–Trinajstić information content (AvgIpc) is 2.41. The summed E-state index contributed by atoms with van der Waals surface area (Å²) in [6, 6.07) is 11.9. The Morgan fingerprint density at radius 1 is 1.05 bits per heavy atom. The van der Waals surface area contributed by atoms with Crippen LogP contribution in [0.25, 0.3) is 0 Å². The minimum absolute atomic E-state index is 0.182. The Balaban J connectivity index is 2.30. The summed E-state index contributed by atoms with van der Waals surface area (Å²) in [7, 11) is -3.29. The lowest BCUT2D eigenvalue weighted by atomic mass is 10.1. The van der Waals surface area contributed by atoms with Crippen molar-refractivity contribution in [3.8, 4) is 0 Å². The highest BCUT2D eigenvalue weighted by Gasteiger charge is 2.12. The molecule has 4 nitrogen and oxygen atoms in total. The molecule has 1 amide bonds. The normalized spacial score (nSPS) is 11.2. The van der Waals surface area contributed by atoms with Gasteiger partial charge in [-0.05, 0) is 43.7 Å². The molecule has 21 heavy (non-hydrogen) atoms. The Kier molecular flexibility index (Phi) is 4.14. The fourth-order valence-corrected chi connectivity index (χ4v) is 2.65. The van der Waals surface area contributed by atoms with Crippen molar-refractivity contribution < 1.29 is 13.2 Å². The third-order valence-electron chi connectivity index (χ3n) is 3.16. The summed E-state index contributed by atoms with van der Waals surface area (Å²) in [6.07, 6.45) is 1.14. The van der Waals surface area contributed by atoms with Gasteiger partial charge >= 0.3 is 0 Å². The van der Waals surface area contributed by atoms with E-state index in [1.165, 1.54) is 12.1 Å². The molecule has 2 rings (SSSR count). The van der Waals surface area contributed by atoms with Crippen LogP contribution in [-0.4, -0.2) is 20.6 Å². The Hall–Kier alpha value is -2.14. The molecule has 0 unspecified atom stereocenters. The first-order chi connectivity index (χ1) is 9.77. The number of hydrogen-bond acceptors (Lipinski definition) is 3. The van der Waals surface area contributed by atoms with Crippen LogP contribution >= 0.6 is 0 Å². The van der Waals surface area contributed by atoms with Crippen LogP contribution in [0.2, 0.25) is 0 Å². The second-order valence-electron chi connectivity index (χ2n) is 5.07. The van der Waals surface area contributed by atoms with E-state index in [1.807, 2.05) is 32.0 Å². The van der Waals surface area contributed by atoms with E-state index >= 15 is 0 Å². The zero-order chi connectivity index (χ0) is 15.6. The maximum absolute atomic E-state index is 12.3. The van der Waals surface area contributed by atoms with Gasteiger partial charge in [0, 0.05) is 17.5 Å². The lowest BCUT2D eigenvalue weighted by Gasteiger charge is -2.09. The topological polar surface area (TPSA) is 63.2 Å². The van der Waals surface area contributed by atoms with Crippen LogP contribution < -0.4 is 5.32 Å². The van der Waals surface area contributed by atoms with Crippen molar-refractivity contribution in [1.82, 2.24) is 0 Å². The summed E-state index contributed by atoms with van der Waals surface area (Å²) in [5.41, 5.74) is 2.91. The van der Waals surface area contributed by atoms with Crippen LogP contribution in [-0.2, 0) is 9.84 Å². The van der Waals surface area contributed by atoms with Crippen LogP contribution in [0.4, 0.5) is 5.69 Å². The van der Waals surface area contributed by atoms with Crippen molar-refractivity contribution >= 4 is 21.4 Å². The molecule has 0 fully saturated rings. The maximum atomic E-state index is 12.3. The molecule has 0 saturated carbocycles. The van der Waals surface area contributed by atoms with E-state index in [4.69, 9.17) is 0 Å². The molecule has 0 spiro atoms. The van der Waals surface area contributed by atoms with Crippen molar-refractivity contribution in [2.24, 2.45) is 0 Å². The molecule has 0 heterocycles. The highest BCUT2D eigenvalue weighted by atomic mass is 32.2. The van der Waals surface area contributed by atoms with E-state index in [0.29, 0.717) is 11.3 Å². The molecule has 0 saturated heterocycles. The third-order valence-corrected chi connectivity index (χ3v) is 4.27. The number of amides is 1. The van der Waals surface area contributed by atoms with Crippen molar-refractivity contribution in [3.63, 3.8) is 0 Å². The predicted molar refractivity (Wildman–Crippen MR) is 83.4 cm³/mol. The Morgan fingerprint density at radius 2 is 1.76 bits per heavy atom. The van der Waals surface area contributed by atoms with E-state index in [0.717, 1.165) is 17.4 Å². The number of aryl methyl sites for hydroxylation is 2. The van der Waals surface area contributed by atoms with Gasteiger partial charge in [-0.2, -0.15) is 0 Å². The number of nitrogens with one attached hydrogen (secondary N) is 1. The van der Waals surface area contributed by atoms with E-state index < -0.39 is 9.84 Å². The zero-order valence-corrected chi connectivity index (χ0v) is 13.0. The van der Waals surface area contributed by atoms with Crippen molar-refractivity contribution in [2.45, 2.75) is 18.7 Å². The van der Waals surface area contributed by atoms with Crippen LogP contribution in [0, 0.1) is 13.8 Å². The van der Waals surface area contributed by atoms with E-state index in [-0.39, 0.29) is 10.8 Å². The standard InChI is InChI=1S/C16H17NO3S/c1-11-7-8-12(2)15(9-11)16(18)17-13-5-4-6-14(10-13)21(3,19)20/h4-10H,1-3H3,(H,17,18). The molecule has 5 heteroatoms. The second kappa shape index (κ2) is 5.69. The van der Waals surface area contributed by atoms with Gasteiger partial charge in [0.15, 0.2) is 9.84 Å². The molecule has 0 bridgehead atoms. The molecular formula is C16H17NO3S.